The molecular weight excluding hydrogens is 252 g/mol. The number of carbonyl (C=O) groups is 1. The summed E-state index contributed by atoms with van der Waals surface area (Å²) in [5, 5.41) is 15.3. The van der Waals surface area contributed by atoms with Gasteiger partial charge in [-0.2, -0.15) is 0 Å². The minimum atomic E-state index is -0.365. The highest BCUT2D eigenvalue weighted by molar-refractivity contribution is 5.89. The monoisotopic (exact) mass is 276 g/mol. The van der Waals surface area contributed by atoms with Crippen LogP contribution in [0, 0.1) is 5.92 Å². The molecule has 1 atom stereocenters. The van der Waals surface area contributed by atoms with E-state index in [1.165, 1.54) is 17.5 Å². The third-order valence-corrected chi connectivity index (χ3v) is 3.85. The summed E-state index contributed by atoms with van der Waals surface area (Å²) < 4.78 is 0. The number of anilines is 1. The molecule has 2 rings (SSSR count). The number of hydrogen-bond acceptors (Lipinski definition) is 2. The predicted octanol–water partition coefficient (Wildman–Crippen LogP) is 2.70. The quantitative estimate of drug-likeness (QED) is 0.774. The maximum absolute atomic E-state index is 11.8. The lowest BCUT2D eigenvalue weighted by molar-refractivity contribution is 0.117. The molecule has 0 aromatic heterocycles. The molecule has 0 heterocycles. The molecule has 3 N–H and O–H groups in total. The van der Waals surface area contributed by atoms with Crippen LogP contribution >= 0.6 is 0 Å². The first-order valence-corrected chi connectivity index (χ1v) is 7.41. The fraction of sp³-hybridized carbons (Fsp3) is 0.562. The summed E-state index contributed by atoms with van der Waals surface area (Å²) in [4.78, 5) is 11.8. The summed E-state index contributed by atoms with van der Waals surface area (Å²) >= 11 is 0. The van der Waals surface area contributed by atoms with E-state index in [2.05, 4.69) is 22.8 Å². The van der Waals surface area contributed by atoms with Crippen LogP contribution in [0.2, 0.25) is 0 Å². The normalized spacial score (nSPS) is 15.0. The number of aliphatic hydroxyl groups is 1. The number of nitrogens with one attached hydrogen (secondary N) is 2. The first-order valence-electron chi connectivity index (χ1n) is 7.41. The summed E-state index contributed by atoms with van der Waals surface area (Å²) in [6.45, 7) is 4.42. The predicted molar refractivity (Wildman–Crippen MR) is 81.0 cm³/mol. The SMILES string of the molecule is CC(C)C(O)CCNC(=O)Nc1ccc2c(c1)CCC2. The van der Waals surface area contributed by atoms with Crippen LogP contribution in [-0.4, -0.2) is 23.8 Å². The van der Waals surface area contributed by atoms with Crippen LogP contribution in [-0.2, 0) is 12.8 Å². The number of amides is 2. The van der Waals surface area contributed by atoms with Crippen LogP contribution in [0.5, 0.6) is 0 Å². The van der Waals surface area contributed by atoms with Gasteiger partial charge in [0.05, 0.1) is 6.10 Å². The maximum Gasteiger partial charge on any atom is 0.319 e. The van der Waals surface area contributed by atoms with Crippen LogP contribution in [0.3, 0.4) is 0 Å². The Morgan fingerprint density at radius 2 is 2.05 bits per heavy atom. The van der Waals surface area contributed by atoms with Crippen molar-refractivity contribution in [3.8, 4) is 0 Å². The molecule has 0 aliphatic heterocycles. The van der Waals surface area contributed by atoms with E-state index in [1.807, 2.05) is 19.9 Å². The van der Waals surface area contributed by atoms with Crippen molar-refractivity contribution in [2.24, 2.45) is 5.92 Å². The van der Waals surface area contributed by atoms with Gasteiger partial charge in [-0.25, -0.2) is 4.79 Å². The Bertz CT molecular complexity index is 472. The van der Waals surface area contributed by atoms with Gasteiger partial charge in [0.2, 0.25) is 0 Å². The smallest absolute Gasteiger partial charge is 0.319 e. The number of aliphatic hydroxyl groups excluding tert-OH is 1. The van der Waals surface area contributed by atoms with E-state index in [9.17, 15) is 9.90 Å². The Labute approximate surface area is 120 Å². The summed E-state index contributed by atoms with van der Waals surface area (Å²) in [7, 11) is 0. The Kier molecular flexibility index (Phi) is 5.01. The molecule has 1 aromatic carbocycles. The Morgan fingerprint density at radius 3 is 2.80 bits per heavy atom. The fourth-order valence-corrected chi connectivity index (χ4v) is 2.49. The number of carbonyl (C=O) groups excluding carboxylic acids is 1. The van der Waals surface area contributed by atoms with Gasteiger partial charge in [0, 0.05) is 12.2 Å². The zero-order valence-electron chi connectivity index (χ0n) is 12.3. The van der Waals surface area contributed by atoms with Gasteiger partial charge in [-0.15, -0.1) is 0 Å². The number of rotatable bonds is 5. The second-order valence-electron chi connectivity index (χ2n) is 5.82. The van der Waals surface area contributed by atoms with Crippen LogP contribution < -0.4 is 10.6 Å². The molecule has 0 saturated carbocycles. The highest BCUT2D eigenvalue weighted by Gasteiger charge is 2.12. The van der Waals surface area contributed by atoms with Gasteiger partial charge in [0.15, 0.2) is 0 Å². The summed E-state index contributed by atoms with van der Waals surface area (Å²) in [5.74, 6) is 0.219. The van der Waals surface area contributed by atoms with Crippen molar-refractivity contribution < 1.29 is 9.90 Å². The molecule has 1 aliphatic carbocycles. The number of urea groups is 1. The lowest BCUT2D eigenvalue weighted by atomic mass is 10.0. The van der Waals surface area contributed by atoms with Crippen molar-refractivity contribution in [1.82, 2.24) is 5.32 Å². The Morgan fingerprint density at radius 1 is 1.30 bits per heavy atom. The van der Waals surface area contributed by atoms with E-state index in [-0.39, 0.29) is 18.1 Å². The topological polar surface area (TPSA) is 61.4 Å². The lowest BCUT2D eigenvalue weighted by Crippen LogP contribution is -2.32. The van der Waals surface area contributed by atoms with Crippen molar-refractivity contribution in [2.75, 3.05) is 11.9 Å². The Balaban J connectivity index is 1.77. The standard InChI is InChI=1S/C16H24N2O2/c1-11(2)15(19)8-9-17-16(20)18-14-7-6-12-4-3-5-13(12)10-14/h6-7,10-11,15,19H,3-5,8-9H2,1-2H3,(H2,17,18,20). The molecule has 0 spiro atoms. The molecule has 1 aliphatic rings. The number of benzene rings is 1. The molecule has 2 amide bonds. The van der Waals surface area contributed by atoms with E-state index in [1.54, 1.807) is 0 Å². The second-order valence-corrected chi connectivity index (χ2v) is 5.82. The molecule has 110 valence electrons. The van der Waals surface area contributed by atoms with Crippen molar-refractivity contribution in [3.05, 3.63) is 29.3 Å². The van der Waals surface area contributed by atoms with Gasteiger partial charge >= 0.3 is 6.03 Å². The van der Waals surface area contributed by atoms with Crippen molar-refractivity contribution >= 4 is 11.7 Å². The molecule has 1 aromatic rings. The average molecular weight is 276 g/mol. The highest BCUT2D eigenvalue weighted by atomic mass is 16.3. The van der Waals surface area contributed by atoms with Gasteiger partial charge < -0.3 is 15.7 Å². The largest absolute Gasteiger partial charge is 0.393 e. The van der Waals surface area contributed by atoms with Crippen molar-refractivity contribution in [2.45, 2.75) is 45.6 Å². The van der Waals surface area contributed by atoms with Crippen molar-refractivity contribution in [3.63, 3.8) is 0 Å². The van der Waals surface area contributed by atoms with Crippen LogP contribution in [0.25, 0.3) is 0 Å². The number of hydrogen-bond donors (Lipinski definition) is 3. The molecule has 0 radical (unpaired) electrons. The highest BCUT2D eigenvalue weighted by Crippen LogP contribution is 2.24. The molecule has 4 heteroatoms. The minimum Gasteiger partial charge on any atom is -0.393 e. The van der Waals surface area contributed by atoms with Crippen LogP contribution in [0.15, 0.2) is 18.2 Å². The molecule has 20 heavy (non-hydrogen) atoms. The van der Waals surface area contributed by atoms with Gasteiger partial charge in [-0.1, -0.05) is 19.9 Å². The maximum atomic E-state index is 11.8. The van der Waals surface area contributed by atoms with Gasteiger partial charge in [-0.3, -0.25) is 0 Å². The number of fused-ring (bicyclic) bond motifs is 1. The molecule has 0 saturated heterocycles. The first kappa shape index (κ1) is 14.9. The van der Waals surface area contributed by atoms with E-state index in [0.717, 1.165) is 18.5 Å². The average Bonchev–Trinajstić information content (AvgIpc) is 2.85. The van der Waals surface area contributed by atoms with E-state index >= 15 is 0 Å². The van der Waals surface area contributed by atoms with E-state index in [4.69, 9.17) is 0 Å². The molecule has 1 unspecified atom stereocenters. The zero-order valence-corrected chi connectivity index (χ0v) is 12.3. The van der Waals surface area contributed by atoms with Gasteiger partial charge in [-0.05, 0) is 54.9 Å². The fourth-order valence-electron chi connectivity index (χ4n) is 2.49. The van der Waals surface area contributed by atoms with E-state index in [0.29, 0.717) is 13.0 Å². The number of aryl methyl sites for hydroxylation is 2. The second kappa shape index (κ2) is 6.75. The molecule has 0 fully saturated rings. The minimum absolute atomic E-state index is 0.209. The first-order chi connectivity index (χ1) is 9.56. The van der Waals surface area contributed by atoms with Gasteiger partial charge in [0.25, 0.3) is 0 Å². The third-order valence-electron chi connectivity index (χ3n) is 3.85. The summed E-state index contributed by atoms with van der Waals surface area (Å²) in [5.41, 5.74) is 3.58. The molecule has 4 nitrogen and oxygen atoms in total. The van der Waals surface area contributed by atoms with Crippen molar-refractivity contribution in [1.29, 1.82) is 0 Å². The molecular formula is C16H24N2O2. The summed E-state index contributed by atoms with van der Waals surface area (Å²) in [6, 6.07) is 5.90. The zero-order chi connectivity index (χ0) is 14.5. The van der Waals surface area contributed by atoms with Gasteiger partial charge in [0.1, 0.15) is 0 Å². The van der Waals surface area contributed by atoms with Crippen LogP contribution in [0.4, 0.5) is 10.5 Å². The summed E-state index contributed by atoms with van der Waals surface area (Å²) in [6.07, 6.45) is 3.67. The molecule has 0 bridgehead atoms. The third kappa shape index (κ3) is 3.97. The van der Waals surface area contributed by atoms with E-state index < -0.39 is 0 Å². The lowest BCUT2D eigenvalue weighted by Gasteiger charge is -2.15. The Hall–Kier alpha value is -1.55. The van der Waals surface area contributed by atoms with Crippen LogP contribution in [0.1, 0.15) is 37.8 Å².